The van der Waals surface area contributed by atoms with Gasteiger partial charge in [0.25, 0.3) is 5.60 Å². The normalized spacial score (nSPS) is 28.9. The SMILES string of the molecule is CCCC1CC(C)CC1CC(O)(C(F)(F)F)C(F)(F)F. The molecule has 20 heavy (non-hydrogen) atoms. The quantitative estimate of drug-likeness (QED) is 0.747. The first-order valence-electron chi connectivity index (χ1n) is 6.78. The van der Waals surface area contributed by atoms with E-state index >= 15 is 0 Å². The molecule has 1 N–H and O–H groups in total. The van der Waals surface area contributed by atoms with Crippen LogP contribution < -0.4 is 0 Å². The number of hydrogen-bond donors (Lipinski definition) is 1. The van der Waals surface area contributed by atoms with Crippen molar-refractivity contribution in [1.82, 2.24) is 0 Å². The Bertz CT molecular complexity index is 308. The van der Waals surface area contributed by atoms with Crippen LogP contribution in [0.2, 0.25) is 0 Å². The van der Waals surface area contributed by atoms with E-state index in [-0.39, 0.29) is 11.8 Å². The second-order valence-corrected chi connectivity index (χ2v) is 5.95. The van der Waals surface area contributed by atoms with Crippen LogP contribution in [0.15, 0.2) is 0 Å². The van der Waals surface area contributed by atoms with Crippen LogP contribution in [0, 0.1) is 17.8 Å². The van der Waals surface area contributed by atoms with Gasteiger partial charge in [0.2, 0.25) is 0 Å². The number of aliphatic hydroxyl groups is 1. The van der Waals surface area contributed by atoms with E-state index < -0.39 is 30.3 Å². The second-order valence-electron chi connectivity index (χ2n) is 5.95. The topological polar surface area (TPSA) is 20.2 Å². The zero-order chi connectivity index (χ0) is 15.8. The summed E-state index contributed by atoms with van der Waals surface area (Å²) in [6, 6.07) is 0. The molecule has 0 aromatic carbocycles. The number of hydrogen-bond acceptors (Lipinski definition) is 1. The maximum Gasteiger partial charge on any atom is 0.426 e. The van der Waals surface area contributed by atoms with Crippen LogP contribution in [0.25, 0.3) is 0 Å². The van der Waals surface area contributed by atoms with Crippen molar-refractivity contribution in [2.75, 3.05) is 0 Å². The monoisotopic (exact) mass is 306 g/mol. The summed E-state index contributed by atoms with van der Waals surface area (Å²) in [6.45, 7) is 3.67. The van der Waals surface area contributed by atoms with Gasteiger partial charge in [0.05, 0.1) is 0 Å². The first-order chi connectivity index (χ1) is 8.92. The molecule has 1 aliphatic rings. The molecule has 7 heteroatoms. The van der Waals surface area contributed by atoms with E-state index in [1.165, 1.54) is 0 Å². The van der Waals surface area contributed by atoms with Crippen molar-refractivity contribution in [3.63, 3.8) is 0 Å². The summed E-state index contributed by atoms with van der Waals surface area (Å²) in [4.78, 5) is 0. The molecule has 0 aromatic rings. The minimum absolute atomic E-state index is 0.0993. The molecule has 3 atom stereocenters. The Kier molecular flexibility index (Phi) is 5.04. The molecule has 0 aliphatic heterocycles. The third kappa shape index (κ3) is 3.40. The van der Waals surface area contributed by atoms with Gasteiger partial charge in [-0.3, -0.25) is 0 Å². The van der Waals surface area contributed by atoms with Crippen molar-refractivity contribution in [3.05, 3.63) is 0 Å². The maximum absolute atomic E-state index is 12.7. The van der Waals surface area contributed by atoms with Crippen molar-refractivity contribution in [2.45, 2.75) is 63.9 Å². The molecule has 1 saturated carbocycles. The summed E-state index contributed by atoms with van der Waals surface area (Å²) in [5, 5.41) is 9.27. The van der Waals surface area contributed by atoms with Gasteiger partial charge in [0.1, 0.15) is 0 Å². The fourth-order valence-corrected chi connectivity index (χ4v) is 3.26. The fourth-order valence-electron chi connectivity index (χ4n) is 3.26. The Morgan fingerprint density at radius 3 is 1.80 bits per heavy atom. The highest BCUT2D eigenvalue weighted by atomic mass is 19.4. The molecule has 3 unspecified atom stereocenters. The Morgan fingerprint density at radius 1 is 0.950 bits per heavy atom. The Hall–Kier alpha value is -0.460. The predicted molar refractivity (Wildman–Crippen MR) is 62.0 cm³/mol. The Morgan fingerprint density at radius 2 is 1.40 bits per heavy atom. The minimum Gasteiger partial charge on any atom is -0.374 e. The summed E-state index contributed by atoms with van der Waals surface area (Å²) < 4.78 is 76.2. The molecule has 0 aromatic heterocycles. The van der Waals surface area contributed by atoms with Crippen molar-refractivity contribution in [3.8, 4) is 0 Å². The molecular formula is C13H20F6O. The molecule has 1 aliphatic carbocycles. The fraction of sp³-hybridized carbons (Fsp3) is 1.00. The van der Waals surface area contributed by atoms with Gasteiger partial charge in [-0.1, -0.05) is 26.7 Å². The van der Waals surface area contributed by atoms with E-state index in [0.717, 1.165) is 0 Å². The summed E-state index contributed by atoms with van der Waals surface area (Å²) in [5.74, 6) is -0.813. The van der Waals surface area contributed by atoms with Gasteiger partial charge in [0, 0.05) is 0 Å². The van der Waals surface area contributed by atoms with E-state index in [2.05, 4.69) is 0 Å². The molecule has 1 nitrogen and oxygen atoms in total. The predicted octanol–water partition coefficient (Wildman–Crippen LogP) is 4.69. The molecular weight excluding hydrogens is 286 g/mol. The van der Waals surface area contributed by atoms with Gasteiger partial charge in [-0.2, -0.15) is 26.3 Å². The molecule has 0 radical (unpaired) electrons. The largest absolute Gasteiger partial charge is 0.426 e. The maximum atomic E-state index is 12.7. The molecule has 0 bridgehead atoms. The van der Waals surface area contributed by atoms with Crippen LogP contribution in [-0.4, -0.2) is 23.1 Å². The molecule has 0 spiro atoms. The van der Waals surface area contributed by atoms with Crippen LogP contribution in [-0.2, 0) is 0 Å². The average Bonchev–Trinajstić information content (AvgIpc) is 2.56. The Balaban J connectivity index is 2.96. The lowest BCUT2D eigenvalue weighted by atomic mass is 9.81. The van der Waals surface area contributed by atoms with E-state index in [4.69, 9.17) is 0 Å². The highest BCUT2D eigenvalue weighted by Gasteiger charge is 2.70. The molecule has 0 heterocycles. The first kappa shape index (κ1) is 17.6. The summed E-state index contributed by atoms with van der Waals surface area (Å²) >= 11 is 0. The average molecular weight is 306 g/mol. The summed E-state index contributed by atoms with van der Waals surface area (Å²) in [7, 11) is 0. The molecule has 120 valence electrons. The van der Waals surface area contributed by atoms with Crippen molar-refractivity contribution in [2.24, 2.45) is 17.8 Å². The van der Waals surface area contributed by atoms with Gasteiger partial charge >= 0.3 is 12.4 Å². The highest BCUT2D eigenvalue weighted by Crippen LogP contribution is 2.51. The number of halogens is 6. The highest BCUT2D eigenvalue weighted by molar-refractivity contribution is 4.98. The van der Waals surface area contributed by atoms with E-state index in [9.17, 15) is 31.4 Å². The molecule has 1 fully saturated rings. The van der Waals surface area contributed by atoms with Crippen LogP contribution in [0.3, 0.4) is 0 Å². The molecule has 0 amide bonds. The van der Waals surface area contributed by atoms with Crippen molar-refractivity contribution >= 4 is 0 Å². The van der Waals surface area contributed by atoms with Gasteiger partial charge < -0.3 is 5.11 Å². The van der Waals surface area contributed by atoms with Crippen molar-refractivity contribution in [1.29, 1.82) is 0 Å². The minimum atomic E-state index is -5.70. The van der Waals surface area contributed by atoms with Gasteiger partial charge in [-0.15, -0.1) is 0 Å². The van der Waals surface area contributed by atoms with E-state index in [0.29, 0.717) is 25.7 Å². The standard InChI is InChI=1S/C13H20F6O/c1-3-4-9-5-8(2)6-10(9)7-11(20,12(14,15)16)13(17,18)19/h8-10,20H,3-7H2,1-2H3. The van der Waals surface area contributed by atoms with Gasteiger partial charge in [-0.05, 0) is 37.0 Å². The van der Waals surface area contributed by atoms with Gasteiger partial charge in [-0.25, -0.2) is 0 Å². The summed E-state index contributed by atoms with van der Waals surface area (Å²) in [6.07, 6.45) is -10.4. The van der Waals surface area contributed by atoms with Crippen LogP contribution in [0.4, 0.5) is 26.3 Å². The van der Waals surface area contributed by atoms with Gasteiger partial charge in [0.15, 0.2) is 0 Å². The first-order valence-corrected chi connectivity index (χ1v) is 6.78. The lowest BCUT2D eigenvalue weighted by Crippen LogP contribution is -2.58. The van der Waals surface area contributed by atoms with Crippen LogP contribution >= 0.6 is 0 Å². The zero-order valence-corrected chi connectivity index (χ0v) is 11.5. The molecule has 0 saturated heterocycles. The number of rotatable bonds is 4. The second kappa shape index (κ2) is 5.73. The lowest BCUT2D eigenvalue weighted by molar-refractivity contribution is -0.373. The van der Waals surface area contributed by atoms with Crippen LogP contribution in [0.5, 0.6) is 0 Å². The zero-order valence-electron chi connectivity index (χ0n) is 11.5. The van der Waals surface area contributed by atoms with Crippen LogP contribution in [0.1, 0.15) is 46.0 Å². The lowest BCUT2D eigenvalue weighted by Gasteiger charge is -2.35. The summed E-state index contributed by atoms with van der Waals surface area (Å²) in [5.41, 5.74) is -4.60. The third-order valence-electron chi connectivity index (χ3n) is 4.23. The van der Waals surface area contributed by atoms with E-state index in [1.807, 2.05) is 13.8 Å². The molecule has 1 rings (SSSR count). The number of alkyl halides is 6. The van der Waals surface area contributed by atoms with E-state index in [1.54, 1.807) is 0 Å². The third-order valence-corrected chi connectivity index (χ3v) is 4.23. The Labute approximate surface area is 114 Å². The smallest absolute Gasteiger partial charge is 0.374 e. The van der Waals surface area contributed by atoms with Crippen molar-refractivity contribution < 1.29 is 31.4 Å².